The summed E-state index contributed by atoms with van der Waals surface area (Å²) in [5.74, 6) is 1.69. The van der Waals surface area contributed by atoms with Crippen LogP contribution in [0.5, 0.6) is 0 Å². The van der Waals surface area contributed by atoms with E-state index in [1.54, 1.807) is 0 Å². The van der Waals surface area contributed by atoms with Gasteiger partial charge in [0, 0.05) is 19.2 Å². The third kappa shape index (κ3) is 7.41. The van der Waals surface area contributed by atoms with Crippen LogP contribution in [0.3, 0.4) is 0 Å². The molecule has 0 spiro atoms. The van der Waals surface area contributed by atoms with Gasteiger partial charge in [0.2, 0.25) is 0 Å². The summed E-state index contributed by atoms with van der Waals surface area (Å²) in [6, 6.07) is 0.463. The molecule has 2 unspecified atom stereocenters. The minimum atomic E-state index is 0.321. The topological polar surface area (TPSA) is 45.7 Å². The Morgan fingerprint density at radius 1 is 1.32 bits per heavy atom. The summed E-state index contributed by atoms with van der Waals surface area (Å²) in [6.45, 7) is 11.4. The Bertz CT molecular complexity index is 260. The number of hydrogen-bond acceptors (Lipinski definition) is 2. The molecule has 0 saturated carbocycles. The molecule has 0 aromatic rings. The van der Waals surface area contributed by atoms with Crippen molar-refractivity contribution in [2.75, 3.05) is 19.7 Å². The van der Waals surface area contributed by atoms with Crippen LogP contribution in [-0.2, 0) is 4.74 Å². The van der Waals surface area contributed by atoms with E-state index >= 15 is 0 Å². The van der Waals surface area contributed by atoms with Crippen molar-refractivity contribution in [2.45, 2.75) is 65.5 Å². The minimum absolute atomic E-state index is 0.321. The molecule has 19 heavy (non-hydrogen) atoms. The van der Waals surface area contributed by atoms with Gasteiger partial charge in [0.25, 0.3) is 0 Å². The van der Waals surface area contributed by atoms with Gasteiger partial charge in [-0.05, 0) is 45.4 Å². The molecule has 1 saturated heterocycles. The quantitative estimate of drug-likeness (QED) is 0.551. The van der Waals surface area contributed by atoms with E-state index in [2.05, 4.69) is 43.3 Å². The van der Waals surface area contributed by atoms with Crippen LogP contribution in [0.2, 0.25) is 0 Å². The molecule has 0 aromatic heterocycles. The lowest BCUT2D eigenvalue weighted by molar-refractivity contribution is 0.117. The van der Waals surface area contributed by atoms with Crippen LogP contribution >= 0.6 is 0 Å². The van der Waals surface area contributed by atoms with E-state index in [4.69, 9.17) is 4.74 Å². The summed E-state index contributed by atoms with van der Waals surface area (Å²) in [5, 5.41) is 6.79. The lowest BCUT2D eigenvalue weighted by atomic mass is 10.0. The third-order valence-electron chi connectivity index (χ3n) is 3.38. The van der Waals surface area contributed by atoms with Crippen LogP contribution in [0.25, 0.3) is 0 Å². The average Bonchev–Trinajstić information content (AvgIpc) is 2.87. The molecule has 4 nitrogen and oxygen atoms in total. The van der Waals surface area contributed by atoms with Gasteiger partial charge in [0.05, 0.1) is 12.6 Å². The van der Waals surface area contributed by atoms with Gasteiger partial charge in [-0.2, -0.15) is 0 Å². The Morgan fingerprint density at radius 2 is 2.11 bits per heavy atom. The Balaban J connectivity index is 2.34. The maximum absolute atomic E-state index is 5.60. The standard InChI is InChI=1S/C15H31N3O/c1-5-16-15(17-11-14-7-6-10-19-14)18-13(4)9-8-12(2)3/h12-14H,5-11H2,1-4H3,(H2,16,17,18). The lowest BCUT2D eigenvalue weighted by Gasteiger charge is -2.19. The molecule has 1 aliphatic heterocycles. The Labute approximate surface area is 118 Å². The molecule has 0 radical (unpaired) electrons. The molecular weight excluding hydrogens is 238 g/mol. The van der Waals surface area contributed by atoms with E-state index in [9.17, 15) is 0 Å². The fourth-order valence-corrected chi connectivity index (χ4v) is 2.19. The highest BCUT2D eigenvalue weighted by molar-refractivity contribution is 5.80. The van der Waals surface area contributed by atoms with Crippen LogP contribution in [0.15, 0.2) is 4.99 Å². The fraction of sp³-hybridized carbons (Fsp3) is 0.933. The molecular formula is C15H31N3O. The van der Waals surface area contributed by atoms with Crippen molar-refractivity contribution in [3.05, 3.63) is 0 Å². The molecule has 0 amide bonds. The summed E-state index contributed by atoms with van der Waals surface area (Å²) >= 11 is 0. The summed E-state index contributed by atoms with van der Waals surface area (Å²) in [6.07, 6.45) is 5.07. The lowest BCUT2D eigenvalue weighted by Crippen LogP contribution is -2.42. The van der Waals surface area contributed by atoms with Crippen LogP contribution < -0.4 is 10.6 Å². The second-order valence-corrected chi connectivity index (χ2v) is 5.87. The minimum Gasteiger partial charge on any atom is -0.376 e. The van der Waals surface area contributed by atoms with Crippen molar-refractivity contribution < 1.29 is 4.74 Å². The molecule has 1 aliphatic rings. The molecule has 0 bridgehead atoms. The van der Waals surface area contributed by atoms with Crippen molar-refractivity contribution in [1.29, 1.82) is 0 Å². The SMILES string of the molecule is CCNC(=NCC1CCCO1)NC(C)CCC(C)C. The largest absolute Gasteiger partial charge is 0.376 e. The molecule has 1 fully saturated rings. The van der Waals surface area contributed by atoms with Gasteiger partial charge in [-0.1, -0.05) is 13.8 Å². The number of guanidine groups is 1. The maximum Gasteiger partial charge on any atom is 0.191 e. The van der Waals surface area contributed by atoms with Gasteiger partial charge in [0.1, 0.15) is 0 Å². The predicted octanol–water partition coefficient (Wildman–Crippen LogP) is 2.55. The first-order valence-electron chi connectivity index (χ1n) is 7.78. The zero-order valence-corrected chi connectivity index (χ0v) is 13.0. The zero-order valence-electron chi connectivity index (χ0n) is 13.0. The Hall–Kier alpha value is -0.770. The highest BCUT2D eigenvalue weighted by Crippen LogP contribution is 2.12. The highest BCUT2D eigenvalue weighted by atomic mass is 16.5. The van der Waals surface area contributed by atoms with Crippen LogP contribution in [0.4, 0.5) is 0 Å². The summed E-state index contributed by atoms with van der Waals surface area (Å²) in [5.41, 5.74) is 0. The smallest absolute Gasteiger partial charge is 0.191 e. The second-order valence-electron chi connectivity index (χ2n) is 5.87. The summed E-state index contributed by atoms with van der Waals surface area (Å²) in [7, 11) is 0. The molecule has 4 heteroatoms. The van der Waals surface area contributed by atoms with Crippen LogP contribution in [-0.4, -0.2) is 37.8 Å². The number of nitrogens with one attached hydrogen (secondary N) is 2. The van der Waals surface area contributed by atoms with E-state index in [0.29, 0.717) is 12.1 Å². The Kier molecular flexibility index (Phi) is 7.87. The number of rotatable bonds is 7. The fourth-order valence-electron chi connectivity index (χ4n) is 2.19. The van der Waals surface area contributed by atoms with Crippen LogP contribution in [0, 0.1) is 5.92 Å². The van der Waals surface area contributed by atoms with Crippen molar-refractivity contribution in [3.63, 3.8) is 0 Å². The van der Waals surface area contributed by atoms with Crippen molar-refractivity contribution in [2.24, 2.45) is 10.9 Å². The molecule has 2 atom stereocenters. The van der Waals surface area contributed by atoms with Crippen LogP contribution in [0.1, 0.15) is 53.4 Å². The van der Waals surface area contributed by atoms with Crippen molar-refractivity contribution >= 4 is 5.96 Å². The van der Waals surface area contributed by atoms with Gasteiger partial charge in [0.15, 0.2) is 5.96 Å². The van der Waals surface area contributed by atoms with Gasteiger partial charge in [-0.15, -0.1) is 0 Å². The van der Waals surface area contributed by atoms with E-state index in [-0.39, 0.29) is 0 Å². The van der Waals surface area contributed by atoms with Crippen molar-refractivity contribution in [3.8, 4) is 0 Å². The van der Waals surface area contributed by atoms with E-state index in [1.165, 1.54) is 19.3 Å². The first-order valence-corrected chi connectivity index (χ1v) is 7.78. The summed E-state index contributed by atoms with van der Waals surface area (Å²) in [4.78, 5) is 4.63. The van der Waals surface area contributed by atoms with Crippen molar-refractivity contribution in [1.82, 2.24) is 10.6 Å². The molecule has 1 heterocycles. The third-order valence-corrected chi connectivity index (χ3v) is 3.38. The first kappa shape index (κ1) is 16.3. The second kappa shape index (κ2) is 9.18. The van der Waals surface area contributed by atoms with E-state index in [0.717, 1.165) is 38.0 Å². The number of hydrogen-bond donors (Lipinski definition) is 2. The van der Waals surface area contributed by atoms with Gasteiger partial charge in [-0.3, -0.25) is 4.99 Å². The monoisotopic (exact) mass is 269 g/mol. The highest BCUT2D eigenvalue weighted by Gasteiger charge is 2.15. The Morgan fingerprint density at radius 3 is 2.68 bits per heavy atom. The normalized spacial score (nSPS) is 21.7. The average molecular weight is 269 g/mol. The van der Waals surface area contributed by atoms with Gasteiger partial charge in [-0.25, -0.2) is 0 Å². The number of nitrogens with zero attached hydrogens (tertiary/aromatic N) is 1. The van der Waals surface area contributed by atoms with Gasteiger partial charge < -0.3 is 15.4 Å². The zero-order chi connectivity index (χ0) is 14.1. The molecule has 112 valence electrons. The summed E-state index contributed by atoms with van der Waals surface area (Å²) < 4.78 is 5.60. The first-order chi connectivity index (χ1) is 9.11. The molecule has 0 aromatic carbocycles. The number of ether oxygens (including phenoxy) is 1. The van der Waals surface area contributed by atoms with E-state index in [1.807, 2.05) is 0 Å². The van der Waals surface area contributed by atoms with E-state index < -0.39 is 0 Å². The maximum atomic E-state index is 5.60. The number of aliphatic imine (C=N–C) groups is 1. The molecule has 0 aliphatic carbocycles. The van der Waals surface area contributed by atoms with Gasteiger partial charge >= 0.3 is 0 Å². The molecule has 2 N–H and O–H groups in total. The molecule has 1 rings (SSSR count). The predicted molar refractivity (Wildman–Crippen MR) is 81.6 cm³/mol.